The number of benzene rings is 3. The Kier molecular flexibility index (Phi) is 7.84. The molecule has 9 nitrogen and oxygen atoms in total. The van der Waals surface area contributed by atoms with Crippen molar-refractivity contribution in [1.82, 2.24) is 0 Å². The van der Waals surface area contributed by atoms with Crippen LogP contribution in [0.25, 0.3) is 11.1 Å². The Morgan fingerprint density at radius 3 is 2.05 bits per heavy atom. The molecule has 1 unspecified atom stereocenters. The molecule has 0 saturated carbocycles. The molecule has 1 aliphatic heterocycles. The lowest BCUT2D eigenvalue weighted by Crippen LogP contribution is -2.62. The number of carboxylic acids is 1. The number of rotatable bonds is 10. The van der Waals surface area contributed by atoms with Crippen LogP contribution < -0.4 is 15.2 Å². The first-order chi connectivity index (χ1) is 17.7. The molecule has 0 spiro atoms. The minimum Gasteiger partial charge on any atom is -0.497 e. The largest absolute Gasteiger partial charge is 0.497 e. The third-order valence-electron chi connectivity index (χ3n) is 6.18. The highest BCUT2D eigenvalue weighted by molar-refractivity contribution is 7.93. The van der Waals surface area contributed by atoms with Crippen LogP contribution in [0.4, 0.5) is 0 Å². The molecule has 3 N–H and O–H groups in total. The lowest BCUT2D eigenvalue weighted by Gasteiger charge is -2.40. The Hall–Kier alpha value is -3.44. The Balaban J connectivity index is 1.62. The third kappa shape index (κ3) is 5.62. The molecule has 4 rings (SSSR count). The summed E-state index contributed by atoms with van der Waals surface area (Å²) < 4.78 is 49.8. The fourth-order valence-electron chi connectivity index (χ4n) is 4.07. The molecule has 0 radical (unpaired) electrons. The molecule has 3 aromatic carbocycles. The van der Waals surface area contributed by atoms with Crippen LogP contribution in [0, 0.1) is 0 Å². The number of hydrogen-bond acceptors (Lipinski definition) is 8. The van der Waals surface area contributed by atoms with Crippen molar-refractivity contribution in [1.29, 1.82) is 0 Å². The van der Waals surface area contributed by atoms with Gasteiger partial charge in [0.25, 0.3) is 0 Å². The van der Waals surface area contributed by atoms with Gasteiger partial charge >= 0.3 is 5.97 Å². The maximum Gasteiger partial charge on any atom is 0.340 e. The minimum atomic E-state index is -4.59. The van der Waals surface area contributed by atoms with E-state index in [9.17, 15) is 18.3 Å². The number of carboxylic acid groups (broad SMARTS) is 1. The maximum atomic E-state index is 13.6. The molecular formula is C27H29NO8S. The maximum absolute atomic E-state index is 13.6. The van der Waals surface area contributed by atoms with Crippen LogP contribution in [0.1, 0.15) is 12.8 Å². The highest BCUT2D eigenvalue weighted by atomic mass is 32.2. The quantitative estimate of drug-likeness (QED) is 0.406. The first-order valence-electron chi connectivity index (χ1n) is 11.7. The van der Waals surface area contributed by atoms with Gasteiger partial charge in [0.2, 0.25) is 20.5 Å². The molecule has 3 aromatic rings. The summed E-state index contributed by atoms with van der Waals surface area (Å²) in [6.07, 6.45) is -0.109. The van der Waals surface area contributed by atoms with Gasteiger partial charge in [-0.2, -0.15) is 0 Å². The highest BCUT2D eigenvalue weighted by Crippen LogP contribution is 2.35. The van der Waals surface area contributed by atoms with Gasteiger partial charge in [-0.25, -0.2) is 13.2 Å². The molecule has 0 bridgehead atoms. The molecule has 0 aliphatic carbocycles. The minimum absolute atomic E-state index is 0.232. The van der Waals surface area contributed by atoms with E-state index in [1.54, 1.807) is 55.6 Å². The number of sulfone groups is 1. The molecule has 1 heterocycles. The number of methoxy groups -OCH3 is 1. The summed E-state index contributed by atoms with van der Waals surface area (Å²) in [6, 6.07) is 21.9. The number of nitrogens with two attached hydrogens (primary N) is 1. The Morgan fingerprint density at radius 1 is 0.946 bits per heavy atom. The van der Waals surface area contributed by atoms with E-state index >= 15 is 0 Å². The summed E-state index contributed by atoms with van der Waals surface area (Å²) in [5.41, 5.74) is 7.78. The number of para-hydroxylation sites is 1. The summed E-state index contributed by atoms with van der Waals surface area (Å²) in [5.74, 6) is -2.20. The Bertz CT molecular complexity index is 1300. The molecule has 10 heteroatoms. The molecule has 37 heavy (non-hydrogen) atoms. The van der Waals surface area contributed by atoms with E-state index in [1.165, 1.54) is 12.1 Å². The van der Waals surface area contributed by atoms with Crippen LogP contribution >= 0.6 is 0 Å². The number of aliphatic carboxylic acids is 1. The highest BCUT2D eigenvalue weighted by Gasteiger charge is 2.56. The zero-order valence-electron chi connectivity index (χ0n) is 20.3. The van der Waals surface area contributed by atoms with Crippen molar-refractivity contribution < 1.29 is 37.3 Å². The molecular weight excluding hydrogens is 498 g/mol. The number of ether oxygens (including phenoxy) is 4. The van der Waals surface area contributed by atoms with Gasteiger partial charge in [0.1, 0.15) is 18.1 Å². The van der Waals surface area contributed by atoms with Gasteiger partial charge in [-0.15, -0.1) is 0 Å². The van der Waals surface area contributed by atoms with E-state index in [2.05, 4.69) is 0 Å². The molecule has 0 amide bonds. The lowest BCUT2D eigenvalue weighted by atomic mass is 10.1. The topological polar surface area (TPSA) is 134 Å². The Morgan fingerprint density at radius 2 is 1.51 bits per heavy atom. The summed E-state index contributed by atoms with van der Waals surface area (Å²) in [4.78, 5) is 9.44. The van der Waals surface area contributed by atoms with Gasteiger partial charge in [0.05, 0.1) is 25.2 Å². The van der Waals surface area contributed by atoms with Crippen LogP contribution in [0.2, 0.25) is 0 Å². The molecule has 1 atom stereocenters. The second-order valence-electron chi connectivity index (χ2n) is 8.69. The van der Waals surface area contributed by atoms with Crippen LogP contribution in [0.5, 0.6) is 11.5 Å². The third-order valence-corrected chi connectivity index (χ3v) is 8.35. The average Bonchev–Trinajstić information content (AvgIpc) is 2.93. The molecule has 1 fully saturated rings. The van der Waals surface area contributed by atoms with Crippen LogP contribution in [0.3, 0.4) is 0 Å². The van der Waals surface area contributed by atoms with Crippen molar-refractivity contribution in [2.24, 2.45) is 5.73 Å². The lowest BCUT2D eigenvalue weighted by molar-refractivity contribution is -0.284. The monoisotopic (exact) mass is 527 g/mol. The number of hydrogen-bond donors (Lipinski definition) is 2. The fraction of sp³-hybridized carbons (Fsp3) is 0.296. The summed E-state index contributed by atoms with van der Waals surface area (Å²) in [7, 11) is -3.02. The summed E-state index contributed by atoms with van der Waals surface area (Å²) in [6.45, 7) is 0.240. The zero-order chi connectivity index (χ0) is 26.5. The molecule has 1 saturated heterocycles. The van der Waals surface area contributed by atoms with Crippen molar-refractivity contribution >= 4 is 15.8 Å². The SMILES string of the molecule is COc1ccc(-c2ccc(S(=O)(=O)C(N)(CC3(COc4ccccc4)OCCCO3)C(=O)O)cc2)cc1. The van der Waals surface area contributed by atoms with Crippen molar-refractivity contribution in [2.75, 3.05) is 26.9 Å². The van der Waals surface area contributed by atoms with Gasteiger partial charge < -0.3 is 29.8 Å². The van der Waals surface area contributed by atoms with Crippen molar-refractivity contribution in [2.45, 2.75) is 28.4 Å². The Labute approximate surface area is 215 Å². The average molecular weight is 528 g/mol. The predicted molar refractivity (Wildman–Crippen MR) is 136 cm³/mol. The van der Waals surface area contributed by atoms with E-state index in [1.807, 2.05) is 18.2 Å². The first-order valence-corrected chi connectivity index (χ1v) is 13.1. The second kappa shape index (κ2) is 10.9. The molecule has 0 aromatic heterocycles. The smallest absolute Gasteiger partial charge is 0.340 e. The van der Waals surface area contributed by atoms with Crippen molar-refractivity contribution in [3.63, 3.8) is 0 Å². The van der Waals surface area contributed by atoms with E-state index in [-0.39, 0.29) is 24.7 Å². The van der Waals surface area contributed by atoms with Crippen LogP contribution in [-0.4, -0.2) is 57.1 Å². The van der Waals surface area contributed by atoms with Crippen LogP contribution in [-0.2, 0) is 24.1 Å². The standard InChI is InChI=1S/C27H29NO8S/c1-33-22-12-8-20(9-13-22)21-10-14-24(15-11-21)37(31,32)27(28,25(29)30)18-26(35-16-5-17-36-26)19-34-23-6-3-2-4-7-23/h2-4,6-15H,5,16-19,28H2,1H3,(H,29,30). The van der Waals surface area contributed by atoms with Gasteiger partial charge in [0, 0.05) is 6.42 Å². The fourth-order valence-corrected chi connectivity index (χ4v) is 5.62. The van der Waals surface area contributed by atoms with Crippen molar-refractivity contribution in [3.8, 4) is 22.6 Å². The van der Waals surface area contributed by atoms with Gasteiger partial charge in [-0.1, -0.05) is 42.5 Å². The normalized spacial score (nSPS) is 16.9. The molecule has 1 aliphatic rings. The zero-order valence-corrected chi connectivity index (χ0v) is 21.1. The van der Waals surface area contributed by atoms with Gasteiger partial charge in [0.15, 0.2) is 0 Å². The van der Waals surface area contributed by atoms with Crippen molar-refractivity contribution in [3.05, 3.63) is 78.9 Å². The van der Waals surface area contributed by atoms with Gasteiger partial charge in [-0.05, 0) is 53.9 Å². The summed E-state index contributed by atoms with van der Waals surface area (Å²) >= 11 is 0. The van der Waals surface area contributed by atoms with E-state index in [0.29, 0.717) is 17.9 Å². The van der Waals surface area contributed by atoms with E-state index in [4.69, 9.17) is 24.7 Å². The molecule has 196 valence electrons. The summed E-state index contributed by atoms with van der Waals surface area (Å²) in [5, 5.41) is 10.1. The number of carbonyl (C=O) groups is 1. The second-order valence-corrected chi connectivity index (χ2v) is 10.9. The first kappa shape index (κ1) is 26.6. The van der Waals surface area contributed by atoms with Crippen LogP contribution in [0.15, 0.2) is 83.8 Å². The van der Waals surface area contributed by atoms with Gasteiger partial charge in [-0.3, -0.25) is 0 Å². The predicted octanol–water partition coefficient (Wildman–Crippen LogP) is 3.48. The van der Waals surface area contributed by atoms with E-state index in [0.717, 1.165) is 11.1 Å². The van der Waals surface area contributed by atoms with E-state index < -0.39 is 32.9 Å².